The van der Waals surface area contributed by atoms with E-state index in [1.807, 2.05) is 75.9 Å². The van der Waals surface area contributed by atoms with Gasteiger partial charge in [-0.2, -0.15) is 4.39 Å². The molecule has 31 heteroatoms. The molecule has 0 unspecified atom stereocenters. The van der Waals surface area contributed by atoms with E-state index < -0.39 is 29.2 Å². The number of rotatable bonds is 24. The number of hydrogen-bond donors (Lipinski definition) is 1. The van der Waals surface area contributed by atoms with Gasteiger partial charge in [-0.25, -0.2) is 32.5 Å². The molecule has 8 heterocycles. The van der Waals surface area contributed by atoms with Crippen LogP contribution in [0.3, 0.4) is 0 Å². The van der Waals surface area contributed by atoms with Gasteiger partial charge in [-0.05, 0) is 159 Å². The molecule has 0 radical (unpaired) electrons. The Labute approximate surface area is 710 Å². The van der Waals surface area contributed by atoms with Gasteiger partial charge >= 0.3 is 0 Å². The molecule has 4 aromatic carbocycles. The van der Waals surface area contributed by atoms with E-state index in [0.29, 0.717) is 193 Å². The summed E-state index contributed by atoms with van der Waals surface area (Å²) in [6.45, 7) is 20.7. The molecule has 2 N–H and O–H groups in total. The van der Waals surface area contributed by atoms with E-state index in [1.54, 1.807) is 122 Å². The number of anilines is 9. The van der Waals surface area contributed by atoms with Crippen LogP contribution in [0.2, 0.25) is 5.15 Å². The van der Waals surface area contributed by atoms with Crippen molar-refractivity contribution in [2.45, 2.75) is 119 Å². The molecule has 0 saturated carbocycles. The number of nitrogens with two attached hydrogens (primary N) is 1. The number of amides is 8. The Morgan fingerprint density at radius 2 is 0.653 bits per heavy atom. The number of nitrogens with zero attached hydrogens (tertiary/aromatic N) is 16. The second-order valence-electron chi connectivity index (χ2n) is 30.0. The van der Waals surface area contributed by atoms with Crippen LogP contribution in [0.15, 0.2) is 140 Å². The van der Waals surface area contributed by atoms with Gasteiger partial charge in [0.05, 0.1) is 22.7 Å². The maximum Gasteiger partial charge on any atom is 0.226 e. The lowest BCUT2D eigenvalue weighted by molar-refractivity contribution is -0.132. The van der Waals surface area contributed by atoms with E-state index in [9.17, 15) is 60.3 Å². The summed E-state index contributed by atoms with van der Waals surface area (Å²) in [5.41, 5.74) is 15.6. The molecule has 121 heavy (non-hydrogen) atoms. The third-order valence-electron chi connectivity index (χ3n) is 22.1. The van der Waals surface area contributed by atoms with Crippen LogP contribution in [-0.4, -0.2) is 220 Å². The van der Waals surface area contributed by atoms with Gasteiger partial charge in [-0.3, -0.25) is 43.3 Å². The number of piperazine rings is 4. The number of aromatic nitrogens is 4. The molecule has 0 atom stereocenters. The molecular formula is C90H111ClF5N17O8. The first-order valence-electron chi connectivity index (χ1n) is 41.2. The van der Waals surface area contributed by atoms with Crippen LogP contribution in [0.25, 0.3) is 0 Å². The maximum atomic E-state index is 14.6. The Morgan fingerprint density at radius 1 is 0.364 bits per heavy atom. The quantitative estimate of drug-likeness (QED) is 0.0436. The standard InChI is InChI=1S/C24H31FN4O2.C22H26ClFN4O2.C22H26F2N4O2.C22H28FN5O2/c1-5-23(30)27(4)22-10-9-20(16-21(22)25)28-12-14-29(15-13-28)24(31)11-8-19-7-6-17(2)26-18(19)3;1-3-21(29)26(2)19-7-6-17(14-18(19)24)27-10-12-28(13-11-27)22(30)9-5-16-4-8-20(23)25-15-16;2*1-3-21(29)26(2)19-7-6-17(14-18(19)23)27-10-12-28(13-11-27)22(30)9-5-16-4-8-20(24)25-15-16/h6-7,9-10,16H,5,8,11-15H2,1-4H3;2*4,6-8,14-15H,3,5,9-13H2,1-2H3;4,6-8,14-15H,3,5,9-13H2,1-2H3,(H2,24,25). The Balaban J connectivity index is 0.000000183. The molecule has 4 fully saturated rings. The number of halogens is 6. The fourth-order valence-corrected chi connectivity index (χ4v) is 14.6. The van der Waals surface area contributed by atoms with E-state index in [2.05, 4.69) is 34.6 Å². The van der Waals surface area contributed by atoms with Crippen molar-refractivity contribution in [1.29, 1.82) is 0 Å². The first-order valence-corrected chi connectivity index (χ1v) is 41.5. The summed E-state index contributed by atoms with van der Waals surface area (Å²) in [6.07, 6.45) is 10.2. The summed E-state index contributed by atoms with van der Waals surface area (Å²) in [5.74, 6) is -1.93. The normalized spacial score (nSPS) is 14.0. The van der Waals surface area contributed by atoms with Crippen molar-refractivity contribution in [2.75, 3.05) is 178 Å². The molecule has 4 aromatic heterocycles. The molecular weight excluding hydrogens is 1580 g/mol. The maximum absolute atomic E-state index is 14.6. The minimum atomic E-state index is -0.533. The molecule has 4 saturated heterocycles. The SMILES string of the molecule is CCC(=O)N(C)c1ccc(N2CCN(C(=O)CCc3ccc(C)nc3C)CC2)cc1F.CCC(=O)N(C)c1ccc(N2CCN(C(=O)CCc3ccc(Cl)nc3)CC2)cc1F.CCC(=O)N(C)c1ccc(N2CCN(C(=O)CCc3ccc(F)nc3)CC2)cc1F.CCC(=O)N(C)c1ccc(N2CCN(C(=O)CCc3ccc(N)nc3)CC2)cc1F. The van der Waals surface area contributed by atoms with Crippen molar-refractivity contribution in [3.05, 3.63) is 208 Å². The Kier molecular flexibility index (Phi) is 34.6. The molecule has 8 aromatic rings. The third kappa shape index (κ3) is 26.3. The zero-order chi connectivity index (χ0) is 87.6. The van der Waals surface area contributed by atoms with E-state index in [0.717, 1.165) is 56.4 Å². The first-order chi connectivity index (χ1) is 57.9. The van der Waals surface area contributed by atoms with Gasteiger partial charge in [-0.1, -0.05) is 63.6 Å². The second kappa shape index (κ2) is 45.0. The van der Waals surface area contributed by atoms with Crippen LogP contribution >= 0.6 is 11.6 Å². The highest BCUT2D eigenvalue weighted by Gasteiger charge is 2.29. The molecule has 0 aliphatic carbocycles. The highest BCUT2D eigenvalue weighted by molar-refractivity contribution is 6.29. The molecule has 646 valence electrons. The summed E-state index contributed by atoms with van der Waals surface area (Å²) in [4.78, 5) is 134. The van der Waals surface area contributed by atoms with Crippen molar-refractivity contribution in [3.63, 3.8) is 0 Å². The Hall–Kier alpha value is -11.8. The van der Waals surface area contributed by atoms with E-state index in [-0.39, 0.29) is 70.0 Å². The number of carbonyl (C=O) groups excluding carboxylic acids is 8. The van der Waals surface area contributed by atoms with Gasteiger partial charge in [0, 0.05) is 237 Å². The van der Waals surface area contributed by atoms with Crippen LogP contribution in [0, 0.1) is 43.1 Å². The average molecular weight is 1690 g/mol. The Bertz CT molecular complexity index is 4500. The van der Waals surface area contributed by atoms with E-state index in [1.165, 1.54) is 56.1 Å². The summed E-state index contributed by atoms with van der Waals surface area (Å²) < 4.78 is 71.1. The van der Waals surface area contributed by atoms with Crippen molar-refractivity contribution in [1.82, 2.24) is 39.5 Å². The Morgan fingerprint density at radius 3 is 0.909 bits per heavy atom. The van der Waals surface area contributed by atoms with E-state index in [4.69, 9.17) is 17.3 Å². The second-order valence-corrected chi connectivity index (χ2v) is 30.4. The minimum absolute atomic E-state index is 0.0419. The molecule has 8 amide bonds. The molecule has 4 aliphatic heterocycles. The highest BCUT2D eigenvalue weighted by Crippen LogP contribution is 2.32. The summed E-state index contributed by atoms with van der Waals surface area (Å²) in [5, 5.41) is 0.439. The lowest BCUT2D eigenvalue weighted by atomic mass is 10.1. The van der Waals surface area contributed by atoms with Gasteiger partial charge in [0.25, 0.3) is 0 Å². The minimum Gasteiger partial charge on any atom is -0.384 e. The molecule has 25 nitrogen and oxygen atoms in total. The average Bonchev–Trinajstić information content (AvgIpc) is 0.828. The number of nitrogen functional groups attached to an aromatic ring is 1. The highest BCUT2D eigenvalue weighted by atomic mass is 35.5. The largest absolute Gasteiger partial charge is 0.384 e. The van der Waals surface area contributed by atoms with Crippen molar-refractivity contribution in [2.24, 2.45) is 0 Å². The molecule has 4 aliphatic rings. The van der Waals surface area contributed by atoms with Gasteiger partial charge < -0.3 is 64.5 Å². The first kappa shape index (κ1) is 93.1. The summed E-state index contributed by atoms with van der Waals surface area (Å²) >= 11 is 5.78. The van der Waals surface area contributed by atoms with Crippen LogP contribution in [-0.2, 0) is 64.0 Å². The van der Waals surface area contributed by atoms with Gasteiger partial charge in [0.1, 0.15) is 34.2 Å². The molecule has 12 rings (SSSR count). The third-order valence-corrected chi connectivity index (χ3v) is 22.3. The lowest BCUT2D eigenvalue weighted by Gasteiger charge is -2.36. The fourth-order valence-electron chi connectivity index (χ4n) is 14.5. The van der Waals surface area contributed by atoms with Crippen molar-refractivity contribution >= 4 is 110 Å². The van der Waals surface area contributed by atoms with Crippen molar-refractivity contribution in [3.8, 4) is 0 Å². The summed E-state index contributed by atoms with van der Waals surface area (Å²) in [6, 6.07) is 33.8. The summed E-state index contributed by atoms with van der Waals surface area (Å²) in [7, 11) is 6.31. The van der Waals surface area contributed by atoms with Gasteiger partial charge in [-0.15, -0.1) is 0 Å². The van der Waals surface area contributed by atoms with Gasteiger partial charge in [0.2, 0.25) is 53.2 Å². The van der Waals surface area contributed by atoms with Crippen molar-refractivity contribution < 1.29 is 60.3 Å². The van der Waals surface area contributed by atoms with Crippen LogP contribution in [0.5, 0.6) is 0 Å². The lowest BCUT2D eigenvalue weighted by Crippen LogP contribution is -2.48. The van der Waals surface area contributed by atoms with Gasteiger partial charge in [0.15, 0.2) is 0 Å². The number of pyridine rings is 4. The van der Waals surface area contributed by atoms with Crippen LogP contribution in [0.4, 0.5) is 73.3 Å². The topological polar surface area (TPSA) is 253 Å². The predicted octanol–water partition coefficient (Wildman–Crippen LogP) is 12.5. The molecule has 0 bridgehead atoms. The zero-order valence-corrected chi connectivity index (χ0v) is 71.6. The fraction of sp³-hybridized carbons (Fsp3) is 0.422. The zero-order valence-electron chi connectivity index (χ0n) is 70.8. The smallest absolute Gasteiger partial charge is 0.226 e. The number of aryl methyl sites for hydroxylation is 6. The monoisotopic (exact) mass is 1690 g/mol. The number of carbonyl (C=O) groups is 8. The molecule has 0 spiro atoms. The number of benzene rings is 4. The van der Waals surface area contributed by atoms with Crippen LogP contribution < -0.4 is 44.9 Å². The predicted molar refractivity (Wildman–Crippen MR) is 465 cm³/mol. The van der Waals surface area contributed by atoms with E-state index >= 15 is 0 Å². The number of hydrogen-bond acceptors (Lipinski definition) is 17. The van der Waals surface area contributed by atoms with Crippen LogP contribution in [0.1, 0.15) is 113 Å².